The minimum absolute atomic E-state index is 0.0868. The number of aldehydes is 1. The third-order valence-corrected chi connectivity index (χ3v) is 3.34. The summed E-state index contributed by atoms with van der Waals surface area (Å²) in [6.45, 7) is 2.53. The minimum Gasteiger partial charge on any atom is -0.356 e. The quantitative estimate of drug-likeness (QED) is 0.468. The van der Waals surface area contributed by atoms with Gasteiger partial charge in [0.05, 0.1) is 11.0 Å². The van der Waals surface area contributed by atoms with Crippen LogP contribution in [-0.4, -0.2) is 23.8 Å². The second kappa shape index (κ2) is 5.16. The maximum Gasteiger partial charge on any atom is 0.292 e. The first-order valence-corrected chi connectivity index (χ1v) is 6.10. The average molecular weight is 248 g/mol. The molecule has 1 saturated heterocycles. The van der Waals surface area contributed by atoms with Crippen molar-refractivity contribution in [2.45, 2.75) is 32.2 Å². The van der Waals surface area contributed by atoms with E-state index in [-0.39, 0.29) is 16.7 Å². The van der Waals surface area contributed by atoms with E-state index in [4.69, 9.17) is 0 Å². The van der Waals surface area contributed by atoms with Crippen LogP contribution >= 0.6 is 0 Å². The van der Waals surface area contributed by atoms with Crippen LogP contribution in [0, 0.1) is 17.0 Å². The molecule has 18 heavy (non-hydrogen) atoms. The molecule has 1 unspecified atom stereocenters. The van der Waals surface area contributed by atoms with Gasteiger partial charge >= 0.3 is 0 Å². The zero-order valence-electron chi connectivity index (χ0n) is 10.3. The fourth-order valence-corrected chi connectivity index (χ4v) is 2.42. The Bertz CT molecular complexity index is 473. The molecule has 0 amide bonds. The van der Waals surface area contributed by atoms with Crippen molar-refractivity contribution in [2.75, 3.05) is 11.4 Å². The van der Waals surface area contributed by atoms with Crippen LogP contribution in [0.3, 0.4) is 0 Å². The summed E-state index contributed by atoms with van der Waals surface area (Å²) >= 11 is 0. The molecule has 0 N–H and O–H groups in total. The largest absolute Gasteiger partial charge is 0.356 e. The summed E-state index contributed by atoms with van der Waals surface area (Å²) < 4.78 is 0. The van der Waals surface area contributed by atoms with Crippen LogP contribution in [0.5, 0.6) is 0 Å². The van der Waals surface area contributed by atoms with Gasteiger partial charge in [-0.2, -0.15) is 0 Å². The van der Waals surface area contributed by atoms with Gasteiger partial charge in [-0.25, -0.2) is 0 Å². The molecule has 1 aromatic carbocycles. The van der Waals surface area contributed by atoms with Crippen LogP contribution in [0.15, 0.2) is 18.2 Å². The van der Waals surface area contributed by atoms with E-state index in [0.717, 1.165) is 31.1 Å². The normalized spacial score (nSPS) is 19.6. The third kappa shape index (κ3) is 2.34. The van der Waals surface area contributed by atoms with E-state index in [1.807, 2.05) is 17.9 Å². The first-order chi connectivity index (χ1) is 8.63. The Morgan fingerprint density at radius 1 is 1.44 bits per heavy atom. The Morgan fingerprint density at radius 2 is 2.22 bits per heavy atom. The molecule has 5 nitrogen and oxygen atoms in total. The molecule has 1 atom stereocenters. The van der Waals surface area contributed by atoms with Gasteiger partial charge in [-0.05, 0) is 37.8 Å². The van der Waals surface area contributed by atoms with Gasteiger partial charge in [0.1, 0.15) is 12.0 Å². The second-order valence-electron chi connectivity index (χ2n) is 4.64. The smallest absolute Gasteiger partial charge is 0.292 e. The molecule has 0 saturated carbocycles. The molecule has 96 valence electrons. The Kier molecular flexibility index (Phi) is 3.60. The SMILES string of the molecule is Cc1ccc(N2CCCCC2C=O)c([N+](=O)[O-])c1. The fraction of sp³-hybridized carbons (Fsp3) is 0.462. The number of carbonyl (C=O) groups excluding carboxylic acids is 1. The van der Waals surface area contributed by atoms with Crippen molar-refractivity contribution in [1.82, 2.24) is 0 Å². The summed E-state index contributed by atoms with van der Waals surface area (Å²) in [4.78, 5) is 23.7. The highest BCUT2D eigenvalue weighted by molar-refractivity contribution is 5.72. The summed E-state index contributed by atoms with van der Waals surface area (Å²) in [5, 5.41) is 11.1. The van der Waals surface area contributed by atoms with Gasteiger partial charge in [0.15, 0.2) is 0 Å². The number of hydrogen-bond acceptors (Lipinski definition) is 4. The number of aryl methyl sites for hydroxylation is 1. The highest BCUT2D eigenvalue weighted by atomic mass is 16.6. The first kappa shape index (κ1) is 12.5. The summed E-state index contributed by atoms with van der Waals surface area (Å²) in [7, 11) is 0. The number of carbonyl (C=O) groups is 1. The molecular weight excluding hydrogens is 232 g/mol. The molecule has 1 fully saturated rings. The molecule has 1 heterocycles. The zero-order chi connectivity index (χ0) is 13.1. The van der Waals surface area contributed by atoms with E-state index in [9.17, 15) is 14.9 Å². The maximum absolute atomic E-state index is 11.1. The van der Waals surface area contributed by atoms with Crippen molar-refractivity contribution < 1.29 is 9.72 Å². The lowest BCUT2D eigenvalue weighted by atomic mass is 10.0. The molecule has 0 radical (unpaired) electrons. The second-order valence-corrected chi connectivity index (χ2v) is 4.64. The summed E-state index contributed by atoms with van der Waals surface area (Å²) in [5.41, 5.74) is 1.50. The number of nitro benzene ring substituents is 1. The predicted octanol–water partition coefficient (Wildman–Crippen LogP) is 2.46. The highest BCUT2D eigenvalue weighted by Crippen LogP contribution is 2.33. The lowest BCUT2D eigenvalue weighted by molar-refractivity contribution is -0.384. The highest BCUT2D eigenvalue weighted by Gasteiger charge is 2.27. The lowest BCUT2D eigenvalue weighted by Crippen LogP contribution is -2.40. The number of nitrogens with zero attached hydrogens (tertiary/aromatic N) is 2. The van der Waals surface area contributed by atoms with E-state index in [1.54, 1.807) is 12.1 Å². The van der Waals surface area contributed by atoms with E-state index >= 15 is 0 Å². The van der Waals surface area contributed by atoms with Crippen molar-refractivity contribution >= 4 is 17.7 Å². The molecule has 1 aliphatic heterocycles. The molecule has 1 aromatic rings. The Labute approximate surface area is 106 Å². The number of piperidine rings is 1. The van der Waals surface area contributed by atoms with Crippen LogP contribution in [0.4, 0.5) is 11.4 Å². The van der Waals surface area contributed by atoms with Gasteiger partial charge in [0.2, 0.25) is 0 Å². The maximum atomic E-state index is 11.1. The third-order valence-electron chi connectivity index (χ3n) is 3.34. The lowest BCUT2D eigenvalue weighted by Gasteiger charge is -2.33. The Morgan fingerprint density at radius 3 is 2.89 bits per heavy atom. The molecule has 0 aromatic heterocycles. The van der Waals surface area contributed by atoms with Crippen LogP contribution in [0.1, 0.15) is 24.8 Å². The molecule has 0 spiro atoms. The van der Waals surface area contributed by atoms with Crippen LogP contribution < -0.4 is 4.90 Å². The van der Waals surface area contributed by atoms with Crippen LogP contribution in [0.2, 0.25) is 0 Å². The van der Waals surface area contributed by atoms with Crippen molar-refractivity contribution in [3.05, 3.63) is 33.9 Å². The fourth-order valence-electron chi connectivity index (χ4n) is 2.42. The van der Waals surface area contributed by atoms with Gasteiger partial charge in [0.25, 0.3) is 5.69 Å². The molecular formula is C13H16N2O3. The molecule has 5 heteroatoms. The number of nitro groups is 1. The van der Waals surface area contributed by atoms with Gasteiger partial charge in [0, 0.05) is 12.6 Å². The first-order valence-electron chi connectivity index (χ1n) is 6.10. The minimum atomic E-state index is -0.376. The molecule has 0 bridgehead atoms. The molecule has 0 aliphatic carbocycles. The van der Waals surface area contributed by atoms with Gasteiger partial charge in [-0.1, -0.05) is 6.07 Å². The van der Waals surface area contributed by atoms with Gasteiger partial charge in [-0.3, -0.25) is 10.1 Å². The van der Waals surface area contributed by atoms with Crippen LogP contribution in [-0.2, 0) is 4.79 Å². The van der Waals surface area contributed by atoms with Crippen molar-refractivity contribution in [2.24, 2.45) is 0 Å². The number of benzene rings is 1. The van der Waals surface area contributed by atoms with E-state index in [2.05, 4.69) is 0 Å². The average Bonchev–Trinajstić information content (AvgIpc) is 2.38. The predicted molar refractivity (Wildman–Crippen MR) is 68.9 cm³/mol. The van der Waals surface area contributed by atoms with Gasteiger partial charge in [-0.15, -0.1) is 0 Å². The van der Waals surface area contributed by atoms with Crippen molar-refractivity contribution in [3.8, 4) is 0 Å². The van der Waals surface area contributed by atoms with Crippen molar-refractivity contribution in [3.63, 3.8) is 0 Å². The van der Waals surface area contributed by atoms with Crippen molar-refractivity contribution in [1.29, 1.82) is 0 Å². The van der Waals surface area contributed by atoms with E-state index < -0.39 is 0 Å². The standard InChI is InChI=1S/C13H16N2O3/c1-10-5-6-12(13(8-10)15(17)18)14-7-3-2-4-11(14)9-16/h5-6,8-9,11H,2-4,7H2,1H3. The Balaban J connectivity index is 2.42. The summed E-state index contributed by atoms with van der Waals surface area (Å²) in [6.07, 6.45) is 3.63. The summed E-state index contributed by atoms with van der Waals surface area (Å²) in [6, 6.07) is 4.92. The molecule has 1 aliphatic rings. The number of rotatable bonds is 3. The topological polar surface area (TPSA) is 63.5 Å². The monoisotopic (exact) mass is 248 g/mol. The number of hydrogen-bond donors (Lipinski definition) is 0. The van der Waals surface area contributed by atoms with Gasteiger partial charge < -0.3 is 9.69 Å². The zero-order valence-corrected chi connectivity index (χ0v) is 10.3. The molecule has 2 rings (SSSR count). The van der Waals surface area contributed by atoms with Crippen LogP contribution in [0.25, 0.3) is 0 Å². The number of anilines is 1. The van der Waals surface area contributed by atoms with E-state index in [0.29, 0.717) is 12.2 Å². The summed E-state index contributed by atoms with van der Waals surface area (Å²) in [5.74, 6) is 0. The Hall–Kier alpha value is -1.91. The van der Waals surface area contributed by atoms with E-state index in [1.165, 1.54) is 0 Å².